The van der Waals surface area contributed by atoms with Gasteiger partial charge in [0.2, 0.25) is 0 Å². The molecule has 0 spiro atoms. The zero-order valence-electron chi connectivity index (χ0n) is 9.05. The fraction of sp³-hybridized carbons (Fsp3) is 0.400. The molecule has 0 aliphatic carbocycles. The maximum Gasteiger partial charge on any atom is 0.0519 e. The van der Waals surface area contributed by atoms with Crippen LogP contribution in [0.2, 0.25) is 0 Å². The van der Waals surface area contributed by atoms with Gasteiger partial charge in [-0.1, -0.05) is 0 Å². The minimum absolute atomic E-state index is 1.15. The number of aromatic nitrogens is 4. The van der Waals surface area contributed by atoms with E-state index in [1.807, 2.05) is 40.1 Å². The molecule has 4 nitrogen and oxygen atoms in total. The molecule has 0 saturated heterocycles. The minimum Gasteiger partial charge on any atom is -0.283 e. The molecule has 2 heterocycles. The van der Waals surface area contributed by atoms with Crippen molar-refractivity contribution in [2.75, 3.05) is 0 Å². The molecule has 0 aliphatic heterocycles. The topological polar surface area (TPSA) is 57.4 Å². The van der Waals surface area contributed by atoms with Gasteiger partial charge in [0.25, 0.3) is 0 Å². The number of aryl methyl sites for hydroxylation is 4. The molecular weight excluding hydrogens is 176 g/mol. The SMILES string of the molecule is Cc1cn[nH]c1C.Cc1cn[nH]c1C. The molecule has 76 valence electrons. The third-order valence-corrected chi connectivity index (χ3v) is 2.16. The Morgan fingerprint density at radius 1 is 0.786 bits per heavy atom. The van der Waals surface area contributed by atoms with Crippen LogP contribution in [0.15, 0.2) is 12.4 Å². The van der Waals surface area contributed by atoms with Gasteiger partial charge in [-0.15, -0.1) is 0 Å². The predicted octanol–water partition coefficient (Wildman–Crippen LogP) is 2.05. The van der Waals surface area contributed by atoms with E-state index in [1.165, 1.54) is 11.1 Å². The highest BCUT2D eigenvalue weighted by Gasteiger charge is 1.87. The first kappa shape index (κ1) is 10.5. The summed E-state index contributed by atoms with van der Waals surface area (Å²) in [5.41, 5.74) is 4.75. The number of H-pyrrole nitrogens is 2. The number of nitrogens with zero attached hydrogens (tertiary/aromatic N) is 2. The second-order valence-corrected chi connectivity index (χ2v) is 3.36. The molecule has 0 bridgehead atoms. The Kier molecular flexibility index (Phi) is 3.45. The van der Waals surface area contributed by atoms with Crippen LogP contribution >= 0.6 is 0 Å². The summed E-state index contributed by atoms with van der Waals surface area (Å²) < 4.78 is 0. The minimum atomic E-state index is 1.15. The quantitative estimate of drug-likeness (QED) is 0.671. The number of hydrogen-bond donors (Lipinski definition) is 2. The van der Waals surface area contributed by atoms with Gasteiger partial charge in [0, 0.05) is 11.4 Å². The Morgan fingerprint density at radius 2 is 1.14 bits per heavy atom. The molecule has 0 aliphatic rings. The molecule has 0 aromatic carbocycles. The van der Waals surface area contributed by atoms with Crippen molar-refractivity contribution >= 4 is 0 Å². The Hall–Kier alpha value is -1.58. The molecule has 0 fully saturated rings. The molecule has 0 unspecified atom stereocenters. The number of aromatic amines is 2. The molecule has 0 amide bonds. The monoisotopic (exact) mass is 192 g/mol. The van der Waals surface area contributed by atoms with Crippen molar-refractivity contribution in [2.24, 2.45) is 0 Å². The van der Waals surface area contributed by atoms with Crippen LogP contribution in [0.1, 0.15) is 22.5 Å². The van der Waals surface area contributed by atoms with Crippen molar-refractivity contribution in [3.05, 3.63) is 34.9 Å². The lowest BCUT2D eigenvalue weighted by molar-refractivity contribution is 1.04. The van der Waals surface area contributed by atoms with Gasteiger partial charge in [-0.3, -0.25) is 10.2 Å². The zero-order chi connectivity index (χ0) is 10.6. The summed E-state index contributed by atoms with van der Waals surface area (Å²) in [5, 5.41) is 13.2. The molecule has 14 heavy (non-hydrogen) atoms. The first-order chi connectivity index (χ1) is 6.61. The van der Waals surface area contributed by atoms with Crippen molar-refractivity contribution in [2.45, 2.75) is 27.7 Å². The summed E-state index contributed by atoms with van der Waals surface area (Å²) in [4.78, 5) is 0. The molecular formula is C10H16N4. The Balaban J connectivity index is 0.000000140. The van der Waals surface area contributed by atoms with Gasteiger partial charge in [0.05, 0.1) is 12.4 Å². The summed E-state index contributed by atoms with van der Waals surface area (Å²) in [6.07, 6.45) is 3.63. The fourth-order valence-electron chi connectivity index (χ4n) is 0.822. The van der Waals surface area contributed by atoms with Gasteiger partial charge in [-0.05, 0) is 38.8 Å². The summed E-state index contributed by atoms with van der Waals surface area (Å²) in [6.45, 7) is 8.06. The smallest absolute Gasteiger partial charge is 0.0519 e. The highest BCUT2D eigenvalue weighted by atomic mass is 15.1. The number of rotatable bonds is 0. The van der Waals surface area contributed by atoms with Crippen molar-refractivity contribution in [3.8, 4) is 0 Å². The Morgan fingerprint density at radius 3 is 1.21 bits per heavy atom. The average Bonchev–Trinajstić information content (AvgIpc) is 2.67. The summed E-state index contributed by atoms with van der Waals surface area (Å²) in [5.74, 6) is 0. The van der Waals surface area contributed by atoms with Crippen LogP contribution < -0.4 is 0 Å². The Bertz CT molecular complexity index is 315. The summed E-state index contributed by atoms with van der Waals surface area (Å²) >= 11 is 0. The van der Waals surface area contributed by atoms with Crippen LogP contribution in [0.25, 0.3) is 0 Å². The number of hydrogen-bond acceptors (Lipinski definition) is 2. The van der Waals surface area contributed by atoms with E-state index < -0.39 is 0 Å². The third-order valence-electron chi connectivity index (χ3n) is 2.16. The van der Waals surface area contributed by atoms with E-state index in [1.54, 1.807) is 0 Å². The van der Waals surface area contributed by atoms with Crippen LogP contribution in [0.3, 0.4) is 0 Å². The molecule has 4 heteroatoms. The van der Waals surface area contributed by atoms with Gasteiger partial charge in [0.1, 0.15) is 0 Å². The molecule has 2 aromatic heterocycles. The van der Waals surface area contributed by atoms with E-state index in [0.717, 1.165) is 11.4 Å². The van der Waals surface area contributed by atoms with Crippen LogP contribution in [-0.2, 0) is 0 Å². The molecule has 2 N–H and O–H groups in total. The summed E-state index contributed by atoms with van der Waals surface area (Å²) in [7, 11) is 0. The normalized spacial score (nSPS) is 9.43. The van der Waals surface area contributed by atoms with Crippen molar-refractivity contribution in [3.63, 3.8) is 0 Å². The van der Waals surface area contributed by atoms with Crippen LogP contribution in [-0.4, -0.2) is 20.4 Å². The van der Waals surface area contributed by atoms with E-state index in [4.69, 9.17) is 0 Å². The molecule has 0 saturated carbocycles. The zero-order valence-corrected chi connectivity index (χ0v) is 9.05. The van der Waals surface area contributed by atoms with Crippen molar-refractivity contribution < 1.29 is 0 Å². The molecule has 2 aromatic rings. The van der Waals surface area contributed by atoms with E-state index >= 15 is 0 Å². The largest absolute Gasteiger partial charge is 0.283 e. The lowest BCUT2D eigenvalue weighted by Crippen LogP contribution is -1.70. The van der Waals surface area contributed by atoms with Gasteiger partial charge in [0.15, 0.2) is 0 Å². The van der Waals surface area contributed by atoms with Gasteiger partial charge in [-0.2, -0.15) is 10.2 Å². The third kappa shape index (κ3) is 2.73. The second-order valence-electron chi connectivity index (χ2n) is 3.36. The summed E-state index contributed by atoms with van der Waals surface area (Å²) in [6, 6.07) is 0. The van der Waals surface area contributed by atoms with Crippen LogP contribution in [0.5, 0.6) is 0 Å². The maximum absolute atomic E-state index is 3.80. The first-order valence-electron chi connectivity index (χ1n) is 4.54. The van der Waals surface area contributed by atoms with E-state index in [9.17, 15) is 0 Å². The van der Waals surface area contributed by atoms with Crippen LogP contribution in [0, 0.1) is 27.7 Å². The standard InChI is InChI=1S/2C5H8N2/c2*1-4-3-6-7-5(4)2/h2*3H,1-2H3,(H,6,7). The lowest BCUT2D eigenvalue weighted by Gasteiger charge is -1.78. The molecule has 0 radical (unpaired) electrons. The fourth-order valence-corrected chi connectivity index (χ4v) is 0.822. The predicted molar refractivity (Wildman–Crippen MR) is 56.1 cm³/mol. The van der Waals surface area contributed by atoms with Gasteiger partial charge in [-0.25, -0.2) is 0 Å². The molecule has 0 atom stereocenters. The van der Waals surface area contributed by atoms with Crippen molar-refractivity contribution in [1.82, 2.24) is 20.4 Å². The second kappa shape index (κ2) is 4.60. The average molecular weight is 192 g/mol. The van der Waals surface area contributed by atoms with Gasteiger partial charge < -0.3 is 0 Å². The highest BCUT2D eigenvalue weighted by Crippen LogP contribution is 1.97. The lowest BCUT2D eigenvalue weighted by atomic mass is 10.3. The highest BCUT2D eigenvalue weighted by molar-refractivity contribution is 5.11. The Labute approximate surface area is 83.7 Å². The van der Waals surface area contributed by atoms with Crippen molar-refractivity contribution in [1.29, 1.82) is 0 Å². The van der Waals surface area contributed by atoms with Gasteiger partial charge >= 0.3 is 0 Å². The van der Waals surface area contributed by atoms with E-state index in [0.29, 0.717) is 0 Å². The van der Waals surface area contributed by atoms with E-state index in [-0.39, 0.29) is 0 Å². The maximum atomic E-state index is 3.80. The van der Waals surface area contributed by atoms with E-state index in [2.05, 4.69) is 20.4 Å². The first-order valence-corrected chi connectivity index (χ1v) is 4.54. The number of nitrogens with one attached hydrogen (secondary N) is 2. The molecule has 2 rings (SSSR count). The van der Waals surface area contributed by atoms with Crippen LogP contribution in [0.4, 0.5) is 0 Å².